The van der Waals surface area contributed by atoms with Crippen molar-refractivity contribution in [1.29, 1.82) is 0 Å². The van der Waals surface area contributed by atoms with Crippen molar-refractivity contribution in [3.05, 3.63) is 30.1 Å². The zero-order valence-corrected chi connectivity index (χ0v) is 10.7. The number of amides is 1. The number of likely N-dealkylation sites (N-methyl/N-ethyl adjacent to an activating group) is 1. The molecule has 0 aliphatic carbocycles. The van der Waals surface area contributed by atoms with Gasteiger partial charge in [0.25, 0.3) is 0 Å². The van der Waals surface area contributed by atoms with Crippen molar-refractivity contribution >= 4 is 11.9 Å². The minimum absolute atomic E-state index is 0.0409. The summed E-state index contributed by atoms with van der Waals surface area (Å²) in [7, 11) is 1.62. The second kappa shape index (κ2) is 5.36. The number of hydrogen-bond donors (Lipinski definition) is 1. The molecule has 6 nitrogen and oxygen atoms in total. The molecule has 2 rings (SSSR count). The number of carbonyl (C=O) groups excluding carboxylic acids is 1. The highest BCUT2D eigenvalue weighted by atomic mass is 16.5. The van der Waals surface area contributed by atoms with E-state index in [1.165, 1.54) is 4.90 Å². The topological polar surface area (TPSA) is 79.7 Å². The van der Waals surface area contributed by atoms with Crippen LogP contribution in [0.1, 0.15) is 5.56 Å². The van der Waals surface area contributed by atoms with Gasteiger partial charge in [0.1, 0.15) is 0 Å². The van der Waals surface area contributed by atoms with Crippen molar-refractivity contribution in [3.63, 3.8) is 0 Å². The van der Waals surface area contributed by atoms with Crippen LogP contribution in [0.25, 0.3) is 0 Å². The van der Waals surface area contributed by atoms with Gasteiger partial charge in [-0.25, -0.2) is 0 Å². The van der Waals surface area contributed by atoms with E-state index in [1.54, 1.807) is 19.4 Å². The zero-order chi connectivity index (χ0) is 13.9. The second-order valence-corrected chi connectivity index (χ2v) is 4.71. The molecule has 1 aromatic rings. The maximum atomic E-state index is 12.2. The highest BCUT2D eigenvalue weighted by molar-refractivity contribution is 6.03. The van der Waals surface area contributed by atoms with Crippen molar-refractivity contribution < 1.29 is 19.4 Å². The molecule has 0 spiro atoms. The van der Waals surface area contributed by atoms with E-state index in [-0.39, 0.29) is 19.1 Å². The molecule has 0 bridgehead atoms. The number of pyridine rings is 1. The molecule has 2 heterocycles. The number of hydrogen-bond acceptors (Lipinski definition) is 4. The summed E-state index contributed by atoms with van der Waals surface area (Å²) < 4.78 is 4.90. The maximum Gasteiger partial charge on any atom is 0.324 e. The van der Waals surface area contributed by atoms with Gasteiger partial charge in [0, 0.05) is 26.0 Å². The Morgan fingerprint density at radius 2 is 2.05 bits per heavy atom. The fourth-order valence-corrected chi connectivity index (χ4v) is 1.96. The van der Waals surface area contributed by atoms with Gasteiger partial charge in [0.05, 0.1) is 13.2 Å². The van der Waals surface area contributed by atoms with Crippen LogP contribution in [0, 0.1) is 5.41 Å². The third-order valence-electron chi connectivity index (χ3n) is 3.35. The van der Waals surface area contributed by atoms with E-state index in [1.807, 2.05) is 12.1 Å². The summed E-state index contributed by atoms with van der Waals surface area (Å²) in [6.07, 6.45) is 4.05. The molecule has 19 heavy (non-hydrogen) atoms. The smallest absolute Gasteiger partial charge is 0.324 e. The summed E-state index contributed by atoms with van der Waals surface area (Å²) in [6, 6.07) is 3.75. The van der Waals surface area contributed by atoms with Gasteiger partial charge < -0.3 is 14.7 Å². The van der Waals surface area contributed by atoms with E-state index in [9.17, 15) is 9.59 Å². The number of ether oxygens (including phenoxy) is 1. The molecule has 1 aliphatic rings. The zero-order valence-electron chi connectivity index (χ0n) is 10.7. The second-order valence-electron chi connectivity index (χ2n) is 4.71. The summed E-state index contributed by atoms with van der Waals surface area (Å²) in [6.45, 7) is 0.388. The van der Waals surface area contributed by atoms with Crippen LogP contribution in [-0.4, -0.2) is 53.7 Å². The number of nitrogens with zero attached hydrogens (tertiary/aromatic N) is 2. The molecule has 0 saturated carbocycles. The van der Waals surface area contributed by atoms with Crippen LogP contribution in [0.3, 0.4) is 0 Å². The number of carbonyl (C=O) groups is 2. The van der Waals surface area contributed by atoms with Crippen molar-refractivity contribution in [1.82, 2.24) is 9.88 Å². The van der Waals surface area contributed by atoms with Crippen molar-refractivity contribution in [2.45, 2.75) is 6.42 Å². The van der Waals surface area contributed by atoms with Gasteiger partial charge in [-0.2, -0.15) is 0 Å². The molecule has 1 aromatic heterocycles. The number of carboxylic acids is 1. The van der Waals surface area contributed by atoms with Crippen LogP contribution in [0.2, 0.25) is 0 Å². The Hall–Kier alpha value is -1.95. The lowest BCUT2D eigenvalue weighted by Gasteiger charge is -2.38. The Balaban J connectivity index is 1.94. The van der Waals surface area contributed by atoms with Crippen LogP contribution in [0.15, 0.2) is 24.5 Å². The largest absolute Gasteiger partial charge is 0.480 e. The monoisotopic (exact) mass is 264 g/mol. The maximum absolute atomic E-state index is 12.2. The molecule has 0 atom stereocenters. The van der Waals surface area contributed by atoms with E-state index >= 15 is 0 Å². The minimum Gasteiger partial charge on any atom is -0.480 e. The first-order valence-electron chi connectivity index (χ1n) is 6.02. The average Bonchev–Trinajstić information content (AvgIpc) is 2.35. The summed E-state index contributed by atoms with van der Waals surface area (Å²) in [5, 5.41) is 9.15. The predicted octanol–water partition coefficient (Wildman–Crippen LogP) is 0.184. The molecule has 0 unspecified atom stereocenters. The van der Waals surface area contributed by atoms with E-state index < -0.39 is 11.4 Å². The predicted molar refractivity (Wildman–Crippen MR) is 66.5 cm³/mol. The third kappa shape index (κ3) is 2.58. The first kappa shape index (κ1) is 13.5. The molecule has 1 amide bonds. The van der Waals surface area contributed by atoms with Gasteiger partial charge in [-0.3, -0.25) is 14.6 Å². The van der Waals surface area contributed by atoms with Gasteiger partial charge in [-0.15, -0.1) is 0 Å². The van der Waals surface area contributed by atoms with E-state index in [2.05, 4.69) is 4.98 Å². The fourth-order valence-electron chi connectivity index (χ4n) is 1.96. The van der Waals surface area contributed by atoms with Crippen LogP contribution in [0.4, 0.5) is 0 Å². The van der Waals surface area contributed by atoms with E-state index in [4.69, 9.17) is 9.84 Å². The number of aliphatic carboxylic acids is 1. The summed E-state index contributed by atoms with van der Waals surface area (Å²) >= 11 is 0. The third-order valence-corrected chi connectivity index (χ3v) is 3.35. The van der Waals surface area contributed by atoms with Gasteiger partial charge in [0.15, 0.2) is 5.41 Å². The lowest BCUT2D eigenvalue weighted by molar-refractivity contribution is -0.190. The molecule has 102 valence electrons. The summed E-state index contributed by atoms with van der Waals surface area (Å²) in [4.78, 5) is 28.7. The van der Waals surface area contributed by atoms with Crippen molar-refractivity contribution in [2.24, 2.45) is 5.41 Å². The van der Waals surface area contributed by atoms with Gasteiger partial charge in [-0.05, 0) is 24.1 Å². The Bertz CT molecular complexity index is 471. The van der Waals surface area contributed by atoms with Crippen LogP contribution in [0.5, 0.6) is 0 Å². The van der Waals surface area contributed by atoms with E-state index in [0.29, 0.717) is 13.0 Å². The normalized spacial score (nSPS) is 16.5. The summed E-state index contributed by atoms with van der Waals surface area (Å²) in [5.41, 5.74) is -0.323. The van der Waals surface area contributed by atoms with Gasteiger partial charge >= 0.3 is 5.97 Å². The number of aromatic nitrogens is 1. The van der Waals surface area contributed by atoms with Gasteiger partial charge in [0.2, 0.25) is 5.91 Å². The first-order chi connectivity index (χ1) is 9.06. The molecule has 6 heteroatoms. The highest BCUT2D eigenvalue weighted by Crippen LogP contribution is 2.30. The quantitative estimate of drug-likeness (QED) is 0.768. The Labute approximate surface area is 111 Å². The lowest BCUT2D eigenvalue weighted by Crippen LogP contribution is -2.59. The molecule has 1 aliphatic heterocycles. The van der Waals surface area contributed by atoms with Crippen molar-refractivity contribution in [3.8, 4) is 0 Å². The van der Waals surface area contributed by atoms with Gasteiger partial charge in [-0.1, -0.05) is 0 Å². The molecule has 1 fully saturated rings. The Morgan fingerprint density at radius 3 is 2.53 bits per heavy atom. The minimum atomic E-state index is -1.38. The molecule has 0 radical (unpaired) electrons. The fraction of sp³-hybridized carbons (Fsp3) is 0.462. The molecule has 1 saturated heterocycles. The SMILES string of the molecule is CN(CCc1ccncc1)C(=O)C1(C(=O)O)COC1. The Morgan fingerprint density at radius 1 is 1.42 bits per heavy atom. The average molecular weight is 264 g/mol. The van der Waals surface area contributed by atoms with Crippen LogP contribution in [-0.2, 0) is 20.7 Å². The Kier molecular flexibility index (Phi) is 3.80. The lowest BCUT2D eigenvalue weighted by atomic mass is 9.84. The highest BCUT2D eigenvalue weighted by Gasteiger charge is 2.54. The molecule has 0 aromatic carbocycles. The molecule has 1 N–H and O–H groups in total. The van der Waals surface area contributed by atoms with Crippen LogP contribution >= 0.6 is 0 Å². The first-order valence-corrected chi connectivity index (χ1v) is 6.02. The molecular weight excluding hydrogens is 248 g/mol. The number of rotatable bonds is 5. The van der Waals surface area contributed by atoms with Crippen molar-refractivity contribution in [2.75, 3.05) is 26.8 Å². The summed E-state index contributed by atoms with van der Waals surface area (Å²) in [5.74, 6) is -1.50. The standard InChI is InChI=1S/C13H16N2O4/c1-15(7-4-10-2-5-14-6-3-10)11(16)13(12(17)18)8-19-9-13/h2-3,5-6H,4,7-9H2,1H3,(H,17,18). The number of carboxylic acid groups (broad SMARTS) is 1. The van der Waals surface area contributed by atoms with Crippen LogP contribution < -0.4 is 0 Å². The molecular formula is C13H16N2O4. The van der Waals surface area contributed by atoms with E-state index in [0.717, 1.165) is 5.56 Å².